The standard InChI is InChI=1S/C15H20ClNO2/c1-2-19-14(18)15(7-9-17-10-8-15)11-12-5-3-4-6-13(12)16/h3-6,17H,2,7-11H2,1H3. The van der Waals surface area contributed by atoms with E-state index >= 15 is 0 Å². The van der Waals surface area contributed by atoms with Gasteiger partial charge in [-0.15, -0.1) is 0 Å². The average molecular weight is 282 g/mol. The van der Waals surface area contributed by atoms with E-state index < -0.39 is 5.41 Å². The molecular formula is C15H20ClNO2. The fourth-order valence-electron chi connectivity index (χ4n) is 2.65. The van der Waals surface area contributed by atoms with E-state index in [-0.39, 0.29) is 5.97 Å². The van der Waals surface area contributed by atoms with Crippen LogP contribution in [-0.2, 0) is 16.0 Å². The fourth-order valence-corrected chi connectivity index (χ4v) is 2.85. The van der Waals surface area contributed by atoms with Crippen molar-refractivity contribution in [3.63, 3.8) is 0 Å². The van der Waals surface area contributed by atoms with Crippen LogP contribution in [0.1, 0.15) is 25.3 Å². The molecule has 0 atom stereocenters. The first-order chi connectivity index (χ1) is 9.18. The number of benzene rings is 1. The molecular weight excluding hydrogens is 262 g/mol. The highest BCUT2D eigenvalue weighted by Gasteiger charge is 2.41. The van der Waals surface area contributed by atoms with E-state index in [0.717, 1.165) is 36.5 Å². The molecule has 0 unspecified atom stereocenters. The van der Waals surface area contributed by atoms with Gasteiger partial charge in [0.2, 0.25) is 0 Å². The summed E-state index contributed by atoms with van der Waals surface area (Å²) in [6.07, 6.45) is 2.27. The van der Waals surface area contributed by atoms with Crippen molar-refractivity contribution in [3.8, 4) is 0 Å². The van der Waals surface area contributed by atoms with Gasteiger partial charge in [-0.3, -0.25) is 4.79 Å². The van der Waals surface area contributed by atoms with Gasteiger partial charge in [0, 0.05) is 5.02 Å². The molecule has 1 aliphatic rings. The number of ether oxygens (including phenoxy) is 1. The van der Waals surface area contributed by atoms with E-state index in [4.69, 9.17) is 16.3 Å². The maximum Gasteiger partial charge on any atom is 0.312 e. The lowest BCUT2D eigenvalue weighted by Crippen LogP contribution is -2.44. The number of piperidine rings is 1. The first-order valence-corrected chi connectivity index (χ1v) is 7.17. The Morgan fingerprint density at radius 3 is 2.68 bits per heavy atom. The molecule has 2 rings (SSSR count). The molecule has 1 saturated heterocycles. The maximum atomic E-state index is 12.3. The van der Waals surface area contributed by atoms with E-state index in [1.807, 2.05) is 31.2 Å². The van der Waals surface area contributed by atoms with Gasteiger partial charge >= 0.3 is 5.97 Å². The zero-order chi connectivity index (χ0) is 13.7. The minimum absolute atomic E-state index is 0.0866. The van der Waals surface area contributed by atoms with Crippen LogP contribution < -0.4 is 5.32 Å². The Bertz CT molecular complexity index is 442. The summed E-state index contributed by atoms with van der Waals surface area (Å²) < 4.78 is 5.29. The number of rotatable bonds is 4. The molecule has 19 heavy (non-hydrogen) atoms. The smallest absolute Gasteiger partial charge is 0.312 e. The quantitative estimate of drug-likeness (QED) is 0.863. The maximum absolute atomic E-state index is 12.3. The zero-order valence-corrected chi connectivity index (χ0v) is 12.0. The van der Waals surface area contributed by atoms with Crippen LogP contribution in [0.3, 0.4) is 0 Å². The van der Waals surface area contributed by atoms with Crippen LogP contribution in [0, 0.1) is 5.41 Å². The van der Waals surface area contributed by atoms with Gasteiger partial charge in [0.1, 0.15) is 0 Å². The highest BCUT2D eigenvalue weighted by atomic mass is 35.5. The van der Waals surface area contributed by atoms with Crippen LogP contribution >= 0.6 is 11.6 Å². The number of hydrogen-bond acceptors (Lipinski definition) is 3. The second-order valence-corrected chi connectivity index (χ2v) is 5.43. The first kappa shape index (κ1) is 14.4. The van der Waals surface area contributed by atoms with E-state index in [9.17, 15) is 4.79 Å². The van der Waals surface area contributed by atoms with Crippen molar-refractivity contribution in [2.45, 2.75) is 26.2 Å². The van der Waals surface area contributed by atoms with Crippen LogP contribution in [0.15, 0.2) is 24.3 Å². The predicted octanol–water partition coefficient (Wildman–Crippen LogP) is 2.82. The van der Waals surface area contributed by atoms with Gasteiger partial charge in [-0.2, -0.15) is 0 Å². The summed E-state index contributed by atoms with van der Waals surface area (Å²) in [6.45, 7) is 3.98. The van der Waals surface area contributed by atoms with Crippen molar-refractivity contribution in [2.75, 3.05) is 19.7 Å². The van der Waals surface area contributed by atoms with Crippen LogP contribution in [0.25, 0.3) is 0 Å². The average Bonchev–Trinajstić information content (AvgIpc) is 2.43. The molecule has 0 radical (unpaired) electrons. The molecule has 3 nitrogen and oxygen atoms in total. The Hall–Kier alpha value is -1.06. The normalized spacial score (nSPS) is 18.0. The molecule has 1 fully saturated rings. The van der Waals surface area contributed by atoms with E-state index in [1.54, 1.807) is 0 Å². The number of esters is 1. The molecule has 0 amide bonds. The van der Waals surface area contributed by atoms with E-state index in [2.05, 4.69) is 5.32 Å². The minimum atomic E-state index is -0.424. The summed E-state index contributed by atoms with van der Waals surface area (Å²) in [4.78, 5) is 12.3. The molecule has 4 heteroatoms. The molecule has 1 aromatic rings. The van der Waals surface area contributed by atoms with Gasteiger partial charge in [0.15, 0.2) is 0 Å². The largest absolute Gasteiger partial charge is 0.466 e. The summed E-state index contributed by atoms with van der Waals surface area (Å²) in [5.74, 6) is -0.0866. The Morgan fingerprint density at radius 1 is 1.37 bits per heavy atom. The van der Waals surface area contributed by atoms with Crippen LogP contribution in [0.4, 0.5) is 0 Å². The summed E-state index contributed by atoms with van der Waals surface area (Å²) in [5, 5.41) is 4.02. The third-order valence-electron chi connectivity index (χ3n) is 3.76. The lowest BCUT2D eigenvalue weighted by Gasteiger charge is -2.35. The highest BCUT2D eigenvalue weighted by molar-refractivity contribution is 6.31. The van der Waals surface area contributed by atoms with Gasteiger partial charge in [-0.25, -0.2) is 0 Å². The Labute approximate surface area is 119 Å². The molecule has 1 heterocycles. The monoisotopic (exact) mass is 281 g/mol. The van der Waals surface area contributed by atoms with Crippen molar-refractivity contribution in [3.05, 3.63) is 34.9 Å². The van der Waals surface area contributed by atoms with Crippen molar-refractivity contribution < 1.29 is 9.53 Å². The summed E-state index contributed by atoms with van der Waals surface area (Å²) in [6, 6.07) is 7.73. The first-order valence-electron chi connectivity index (χ1n) is 6.79. The molecule has 104 valence electrons. The Kier molecular flexibility index (Phi) is 4.83. The Balaban J connectivity index is 2.23. The van der Waals surface area contributed by atoms with Gasteiger partial charge in [-0.1, -0.05) is 29.8 Å². The molecule has 0 bridgehead atoms. The van der Waals surface area contributed by atoms with Crippen molar-refractivity contribution in [1.29, 1.82) is 0 Å². The van der Waals surface area contributed by atoms with Crippen molar-refractivity contribution in [1.82, 2.24) is 5.32 Å². The summed E-state index contributed by atoms with van der Waals surface area (Å²) >= 11 is 6.22. The molecule has 0 aromatic heterocycles. The van der Waals surface area contributed by atoms with Crippen molar-refractivity contribution >= 4 is 17.6 Å². The van der Waals surface area contributed by atoms with Gasteiger partial charge in [0.05, 0.1) is 12.0 Å². The number of carbonyl (C=O) groups is 1. The van der Waals surface area contributed by atoms with Gasteiger partial charge in [-0.05, 0) is 50.9 Å². The van der Waals surface area contributed by atoms with Gasteiger partial charge < -0.3 is 10.1 Å². The molecule has 0 spiro atoms. The fraction of sp³-hybridized carbons (Fsp3) is 0.533. The third kappa shape index (κ3) is 3.28. The SMILES string of the molecule is CCOC(=O)C1(Cc2ccccc2Cl)CCNCC1. The second kappa shape index (κ2) is 6.40. The molecule has 1 aliphatic heterocycles. The number of carbonyl (C=O) groups excluding carboxylic acids is 1. The lowest BCUT2D eigenvalue weighted by atomic mass is 9.74. The van der Waals surface area contributed by atoms with E-state index in [0.29, 0.717) is 13.0 Å². The number of halogens is 1. The van der Waals surface area contributed by atoms with Crippen LogP contribution in [-0.4, -0.2) is 25.7 Å². The van der Waals surface area contributed by atoms with Crippen LogP contribution in [0.5, 0.6) is 0 Å². The molecule has 1 aromatic carbocycles. The molecule has 1 N–H and O–H groups in total. The number of nitrogens with one attached hydrogen (secondary N) is 1. The minimum Gasteiger partial charge on any atom is -0.466 e. The summed E-state index contributed by atoms with van der Waals surface area (Å²) in [5.41, 5.74) is 0.603. The van der Waals surface area contributed by atoms with Crippen molar-refractivity contribution in [2.24, 2.45) is 5.41 Å². The topological polar surface area (TPSA) is 38.3 Å². The lowest BCUT2D eigenvalue weighted by molar-refractivity contribution is -0.157. The second-order valence-electron chi connectivity index (χ2n) is 5.02. The van der Waals surface area contributed by atoms with Gasteiger partial charge in [0.25, 0.3) is 0 Å². The van der Waals surface area contributed by atoms with E-state index in [1.165, 1.54) is 0 Å². The predicted molar refractivity (Wildman–Crippen MR) is 76.3 cm³/mol. The zero-order valence-electron chi connectivity index (χ0n) is 11.2. The molecule has 0 aliphatic carbocycles. The molecule has 0 saturated carbocycles. The Morgan fingerprint density at radius 2 is 2.05 bits per heavy atom. The van der Waals surface area contributed by atoms with Crippen LogP contribution in [0.2, 0.25) is 5.02 Å². The number of hydrogen-bond donors (Lipinski definition) is 1. The third-order valence-corrected chi connectivity index (χ3v) is 4.12. The summed E-state index contributed by atoms with van der Waals surface area (Å²) in [7, 11) is 0. The highest BCUT2D eigenvalue weighted by Crippen LogP contribution is 2.36.